The minimum Gasteiger partial charge on any atom is -0.456 e. The van der Waals surface area contributed by atoms with Crippen LogP contribution in [0.5, 0.6) is 0 Å². The van der Waals surface area contributed by atoms with Gasteiger partial charge in [0.15, 0.2) is 0 Å². The van der Waals surface area contributed by atoms with Crippen LogP contribution < -0.4 is 5.73 Å². The lowest BCUT2D eigenvalue weighted by molar-refractivity contribution is -0.425. The van der Waals surface area contributed by atoms with E-state index in [4.69, 9.17) is 9.84 Å². The first-order valence-corrected chi connectivity index (χ1v) is 3.98. The smallest absolute Gasteiger partial charge is 0.368 e. The molecule has 0 saturated carbocycles. The lowest BCUT2D eigenvalue weighted by Crippen LogP contribution is -2.70. The summed E-state index contributed by atoms with van der Waals surface area (Å²) in [7, 11) is 0. The third-order valence-electron chi connectivity index (χ3n) is 1.29. The monoisotopic (exact) mass is 176 g/mol. The van der Waals surface area contributed by atoms with Crippen molar-refractivity contribution in [3.63, 3.8) is 0 Å². The molecule has 0 rings (SSSR count). The molecule has 0 aromatic heterocycles. The van der Waals surface area contributed by atoms with Crippen LogP contribution in [-0.2, 0) is 9.53 Å². The van der Waals surface area contributed by atoms with Crippen molar-refractivity contribution in [2.45, 2.75) is 45.4 Å². The Morgan fingerprint density at radius 3 is 2.17 bits per heavy atom. The van der Waals surface area contributed by atoms with Crippen molar-refractivity contribution in [2.24, 2.45) is 0 Å². The maximum absolute atomic E-state index is 11.2. The number of hydrogen-bond acceptors (Lipinski definition) is 3. The average molecular weight is 176 g/mol. The number of aliphatic hydroxyl groups is 1. The number of esters is 1. The largest absolute Gasteiger partial charge is 0.456 e. The zero-order valence-electron chi connectivity index (χ0n) is 8.13. The predicted molar refractivity (Wildman–Crippen MR) is 44.2 cm³/mol. The Kier molecular flexibility index (Phi) is 3.67. The summed E-state index contributed by atoms with van der Waals surface area (Å²) in [5.74, 6) is -0.461. The van der Waals surface area contributed by atoms with Crippen molar-refractivity contribution in [1.29, 1.82) is 0 Å². The number of quaternary nitrogens is 1. The van der Waals surface area contributed by atoms with Gasteiger partial charge in [-0.2, -0.15) is 0 Å². The van der Waals surface area contributed by atoms with Crippen molar-refractivity contribution in [3.8, 4) is 0 Å². The second-order valence-electron chi connectivity index (χ2n) is 3.88. The number of carbonyl (C=O) groups is 1. The highest BCUT2D eigenvalue weighted by molar-refractivity contribution is 5.75. The first kappa shape index (κ1) is 11.4. The van der Waals surface area contributed by atoms with E-state index < -0.39 is 23.7 Å². The summed E-state index contributed by atoms with van der Waals surface area (Å²) in [6.07, 6.45) is -0.764. The lowest BCUT2D eigenvalue weighted by atomic mass is 10.1. The minimum atomic E-state index is -0.764. The van der Waals surface area contributed by atoms with Gasteiger partial charge in [-0.15, -0.1) is 0 Å². The lowest BCUT2D eigenvalue weighted by Gasteiger charge is -2.21. The maximum atomic E-state index is 11.2. The van der Waals surface area contributed by atoms with Gasteiger partial charge in [-0.25, -0.2) is 4.79 Å². The molecule has 72 valence electrons. The number of carbonyl (C=O) groups excluding carboxylic acids is 1. The van der Waals surface area contributed by atoms with Crippen molar-refractivity contribution >= 4 is 5.97 Å². The van der Waals surface area contributed by atoms with Crippen molar-refractivity contribution in [3.05, 3.63) is 0 Å². The minimum absolute atomic E-state index is 0.461. The van der Waals surface area contributed by atoms with Gasteiger partial charge in [0.2, 0.25) is 6.04 Å². The van der Waals surface area contributed by atoms with Gasteiger partial charge in [0, 0.05) is 0 Å². The van der Waals surface area contributed by atoms with Gasteiger partial charge in [0.05, 0.1) is 0 Å². The Morgan fingerprint density at radius 1 is 1.50 bits per heavy atom. The van der Waals surface area contributed by atoms with E-state index in [1.165, 1.54) is 6.92 Å². The average Bonchev–Trinajstić information content (AvgIpc) is 1.82. The summed E-state index contributed by atoms with van der Waals surface area (Å²) in [6, 6.07) is -0.704. The highest BCUT2D eigenvalue weighted by Gasteiger charge is 2.28. The Morgan fingerprint density at radius 2 is 1.92 bits per heavy atom. The van der Waals surface area contributed by atoms with Crippen LogP contribution in [0, 0.1) is 0 Å². The van der Waals surface area contributed by atoms with Gasteiger partial charge < -0.3 is 15.6 Å². The van der Waals surface area contributed by atoms with E-state index in [1.807, 2.05) is 0 Å². The number of aliphatic hydroxyl groups excluding tert-OH is 1. The highest BCUT2D eigenvalue weighted by Crippen LogP contribution is 2.08. The number of hydrogen-bond donors (Lipinski definition) is 2. The molecule has 4 heteroatoms. The first-order valence-electron chi connectivity index (χ1n) is 3.98. The fourth-order valence-corrected chi connectivity index (χ4v) is 0.574. The summed E-state index contributed by atoms with van der Waals surface area (Å²) in [4.78, 5) is 11.2. The van der Waals surface area contributed by atoms with Crippen LogP contribution >= 0.6 is 0 Å². The zero-order chi connectivity index (χ0) is 9.94. The molecule has 0 unspecified atom stereocenters. The third-order valence-corrected chi connectivity index (χ3v) is 1.29. The molecule has 12 heavy (non-hydrogen) atoms. The van der Waals surface area contributed by atoms with Gasteiger partial charge in [-0.3, -0.25) is 0 Å². The Hall–Kier alpha value is -0.610. The SMILES string of the molecule is C[C@@H](O)[C@H]([NH3+])C(=O)OC(C)(C)C. The number of ether oxygens (including phenoxy) is 1. The fourth-order valence-electron chi connectivity index (χ4n) is 0.574. The summed E-state index contributed by atoms with van der Waals surface area (Å²) >= 11 is 0. The Labute approximate surface area is 72.7 Å². The van der Waals surface area contributed by atoms with E-state index in [1.54, 1.807) is 20.8 Å². The van der Waals surface area contributed by atoms with E-state index in [0.717, 1.165) is 0 Å². The molecule has 0 aliphatic rings. The molecule has 0 bridgehead atoms. The zero-order valence-corrected chi connectivity index (χ0v) is 8.13. The summed E-state index contributed by atoms with van der Waals surface area (Å²) < 4.78 is 5.00. The molecule has 4 nitrogen and oxygen atoms in total. The van der Waals surface area contributed by atoms with E-state index in [2.05, 4.69) is 5.73 Å². The summed E-state index contributed by atoms with van der Waals surface area (Å²) in [5, 5.41) is 9.02. The van der Waals surface area contributed by atoms with E-state index in [0.29, 0.717) is 0 Å². The predicted octanol–water partition coefficient (Wildman–Crippen LogP) is -0.681. The van der Waals surface area contributed by atoms with Crippen LogP contribution in [0.2, 0.25) is 0 Å². The normalized spacial score (nSPS) is 16.8. The molecule has 0 saturated heterocycles. The molecule has 0 aliphatic carbocycles. The van der Waals surface area contributed by atoms with Crippen LogP contribution in [-0.4, -0.2) is 28.8 Å². The fraction of sp³-hybridized carbons (Fsp3) is 0.875. The standard InChI is InChI=1S/C8H17NO3/c1-5(10)6(9)7(11)12-8(2,3)4/h5-6,10H,9H2,1-4H3/p+1/t5-,6+/m1/s1. The van der Waals surface area contributed by atoms with E-state index in [9.17, 15) is 4.79 Å². The van der Waals surface area contributed by atoms with E-state index >= 15 is 0 Å². The van der Waals surface area contributed by atoms with Gasteiger partial charge in [0.25, 0.3) is 0 Å². The quantitative estimate of drug-likeness (QED) is 0.547. The van der Waals surface area contributed by atoms with Crippen LogP contribution in [0.4, 0.5) is 0 Å². The van der Waals surface area contributed by atoms with Crippen LogP contribution in [0.15, 0.2) is 0 Å². The molecule has 0 amide bonds. The van der Waals surface area contributed by atoms with Gasteiger partial charge in [-0.05, 0) is 27.7 Å². The number of rotatable bonds is 2. The Balaban J connectivity index is 4.05. The van der Waals surface area contributed by atoms with Gasteiger partial charge >= 0.3 is 5.97 Å². The molecule has 0 spiro atoms. The topological polar surface area (TPSA) is 74.2 Å². The van der Waals surface area contributed by atoms with Crippen molar-refractivity contribution < 1.29 is 20.4 Å². The van der Waals surface area contributed by atoms with Crippen molar-refractivity contribution in [2.75, 3.05) is 0 Å². The molecule has 0 heterocycles. The van der Waals surface area contributed by atoms with Crippen LogP contribution in [0.1, 0.15) is 27.7 Å². The second kappa shape index (κ2) is 3.87. The maximum Gasteiger partial charge on any atom is 0.368 e. The molecular weight excluding hydrogens is 158 g/mol. The molecule has 2 atom stereocenters. The second-order valence-corrected chi connectivity index (χ2v) is 3.88. The molecule has 0 radical (unpaired) electrons. The van der Waals surface area contributed by atoms with Crippen molar-refractivity contribution in [1.82, 2.24) is 0 Å². The molecule has 0 aliphatic heterocycles. The molecule has 0 aromatic rings. The Bertz CT molecular complexity index is 160. The first-order chi connectivity index (χ1) is 5.24. The van der Waals surface area contributed by atoms with Gasteiger partial charge in [0.1, 0.15) is 11.7 Å². The molecule has 0 aromatic carbocycles. The molecule has 0 fully saturated rings. The molecule has 4 N–H and O–H groups in total. The summed E-state index contributed by atoms with van der Waals surface area (Å²) in [5.41, 5.74) is 2.99. The third kappa shape index (κ3) is 4.31. The van der Waals surface area contributed by atoms with Crippen LogP contribution in [0.25, 0.3) is 0 Å². The highest BCUT2D eigenvalue weighted by atomic mass is 16.6. The van der Waals surface area contributed by atoms with Crippen LogP contribution in [0.3, 0.4) is 0 Å². The van der Waals surface area contributed by atoms with E-state index in [-0.39, 0.29) is 0 Å². The van der Waals surface area contributed by atoms with Gasteiger partial charge in [-0.1, -0.05) is 0 Å². The summed E-state index contributed by atoms with van der Waals surface area (Å²) in [6.45, 7) is 6.85. The molecular formula is C8H18NO3+.